The monoisotopic (exact) mass is 258 g/mol. The molecule has 0 spiro atoms. The second kappa shape index (κ2) is 5.12. The molecule has 1 aliphatic heterocycles. The molecule has 1 aromatic rings. The lowest BCUT2D eigenvalue weighted by atomic mass is 10.2. The maximum absolute atomic E-state index is 12.7. The molecular weight excluding hydrogens is 243 g/mol. The van der Waals surface area contributed by atoms with Crippen molar-refractivity contribution in [2.45, 2.75) is 18.2 Å². The van der Waals surface area contributed by atoms with Crippen molar-refractivity contribution < 1.29 is 12.8 Å². The van der Waals surface area contributed by atoms with E-state index in [1.807, 2.05) is 0 Å². The van der Waals surface area contributed by atoms with Gasteiger partial charge >= 0.3 is 0 Å². The Hall–Kier alpha value is -0.980. The summed E-state index contributed by atoms with van der Waals surface area (Å²) in [5.41, 5.74) is 0.588. The molecule has 1 aromatic carbocycles. The SMILES string of the molecule is O=S(=O)(Cc1ccc(F)cc1)NC1CCNC1. The third-order valence-corrected chi connectivity index (χ3v) is 4.08. The second-order valence-electron chi connectivity index (χ2n) is 4.19. The fraction of sp³-hybridized carbons (Fsp3) is 0.455. The molecule has 0 aliphatic carbocycles. The summed E-state index contributed by atoms with van der Waals surface area (Å²) in [7, 11) is -3.34. The molecule has 2 rings (SSSR count). The van der Waals surface area contributed by atoms with Crippen LogP contribution in [0.5, 0.6) is 0 Å². The first-order chi connectivity index (χ1) is 8.05. The van der Waals surface area contributed by atoms with Crippen molar-refractivity contribution in [3.05, 3.63) is 35.6 Å². The molecule has 6 heteroatoms. The van der Waals surface area contributed by atoms with Gasteiger partial charge in [-0.05, 0) is 30.7 Å². The molecule has 1 fully saturated rings. The number of hydrogen-bond acceptors (Lipinski definition) is 3. The Morgan fingerprint density at radius 2 is 2.06 bits per heavy atom. The lowest BCUT2D eigenvalue weighted by Crippen LogP contribution is -2.36. The second-order valence-corrected chi connectivity index (χ2v) is 5.95. The van der Waals surface area contributed by atoms with Crippen LogP contribution in [0.1, 0.15) is 12.0 Å². The number of benzene rings is 1. The largest absolute Gasteiger partial charge is 0.315 e. The summed E-state index contributed by atoms with van der Waals surface area (Å²) in [5.74, 6) is -0.469. The minimum atomic E-state index is -3.34. The van der Waals surface area contributed by atoms with Crippen LogP contribution in [0.15, 0.2) is 24.3 Å². The molecule has 4 nitrogen and oxygen atoms in total. The van der Waals surface area contributed by atoms with E-state index in [1.54, 1.807) is 0 Å². The van der Waals surface area contributed by atoms with Crippen molar-refractivity contribution >= 4 is 10.0 Å². The van der Waals surface area contributed by atoms with E-state index in [9.17, 15) is 12.8 Å². The zero-order chi connectivity index (χ0) is 12.3. The predicted molar refractivity (Wildman–Crippen MR) is 63.4 cm³/mol. The van der Waals surface area contributed by atoms with Gasteiger partial charge in [-0.3, -0.25) is 0 Å². The first kappa shape index (κ1) is 12.5. The normalized spacial score (nSPS) is 20.6. The van der Waals surface area contributed by atoms with Gasteiger partial charge in [0.15, 0.2) is 0 Å². The van der Waals surface area contributed by atoms with Gasteiger partial charge in [-0.25, -0.2) is 17.5 Å². The molecule has 0 radical (unpaired) electrons. The molecule has 17 heavy (non-hydrogen) atoms. The summed E-state index contributed by atoms with van der Waals surface area (Å²) in [4.78, 5) is 0. The van der Waals surface area contributed by atoms with Gasteiger partial charge in [0, 0.05) is 12.6 Å². The van der Waals surface area contributed by atoms with Gasteiger partial charge in [0.25, 0.3) is 0 Å². The van der Waals surface area contributed by atoms with Crippen molar-refractivity contribution in [1.82, 2.24) is 10.0 Å². The van der Waals surface area contributed by atoms with Crippen LogP contribution in [-0.4, -0.2) is 27.5 Å². The van der Waals surface area contributed by atoms with Gasteiger partial charge in [0.2, 0.25) is 10.0 Å². The Morgan fingerprint density at radius 3 is 2.65 bits per heavy atom. The molecule has 0 saturated carbocycles. The topological polar surface area (TPSA) is 58.2 Å². The van der Waals surface area contributed by atoms with Gasteiger partial charge in [-0.1, -0.05) is 12.1 Å². The molecule has 0 aromatic heterocycles. The van der Waals surface area contributed by atoms with Crippen LogP contribution in [0.25, 0.3) is 0 Å². The Kier molecular flexibility index (Phi) is 3.76. The number of nitrogens with one attached hydrogen (secondary N) is 2. The third-order valence-electron chi connectivity index (χ3n) is 2.68. The number of halogens is 1. The summed E-state index contributed by atoms with van der Waals surface area (Å²) in [6.45, 7) is 1.51. The van der Waals surface area contributed by atoms with E-state index in [0.717, 1.165) is 13.0 Å². The average Bonchev–Trinajstić information content (AvgIpc) is 2.73. The van der Waals surface area contributed by atoms with E-state index in [4.69, 9.17) is 0 Å². The number of rotatable bonds is 4. The molecule has 94 valence electrons. The Balaban J connectivity index is 1.98. The zero-order valence-corrected chi connectivity index (χ0v) is 10.1. The summed E-state index contributed by atoms with van der Waals surface area (Å²) in [6.07, 6.45) is 0.808. The molecule has 1 unspecified atom stereocenters. The highest BCUT2D eigenvalue weighted by molar-refractivity contribution is 7.88. The zero-order valence-electron chi connectivity index (χ0n) is 9.32. The first-order valence-corrected chi connectivity index (χ1v) is 7.15. The number of sulfonamides is 1. The highest BCUT2D eigenvalue weighted by atomic mass is 32.2. The quantitative estimate of drug-likeness (QED) is 0.832. The minimum absolute atomic E-state index is 0.0274. The molecule has 2 N–H and O–H groups in total. The van der Waals surface area contributed by atoms with Gasteiger partial charge in [0.1, 0.15) is 5.82 Å². The highest BCUT2D eigenvalue weighted by Crippen LogP contribution is 2.08. The van der Waals surface area contributed by atoms with Crippen LogP contribution >= 0.6 is 0 Å². The van der Waals surface area contributed by atoms with E-state index < -0.39 is 10.0 Å². The van der Waals surface area contributed by atoms with E-state index in [-0.39, 0.29) is 17.6 Å². The van der Waals surface area contributed by atoms with Crippen LogP contribution in [0, 0.1) is 5.82 Å². The summed E-state index contributed by atoms with van der Waals surface area (Å²) >= 11 is 0. The maximum atomic E-state index is 12.7. The molecule has 1 atom stereocenters. The molecule has 0 bridgehead atoms. The van der Waals surface area contributed by atoms with Gasteiger partial charge in [-0.2, -0.15) is 0 Å². The van der Waals surface area contributed by atoms with Gasteiger partial charge in [-0.15, -0.1) is 0 Å². The lowest BCUT2D eigenvalue weighted by molar-refractivity contribution is 0.559. The average molecular weight is 258 g/mol. The van der Waals surface area contributed by atoms with Gasteiger partial charge in [0.05, 0.1) is 5.75 Å². The van der Waals surface area contributed by atoms with E-state index in [0.29, 0.717) is 12.1 Å². The van der Waals surface area contributed by atoms with Crippen molar-refractivity contribution in [2.75, 3.05) is 13.1 Å². The van der Waals surface area contributed by atoms with Crippen molar-refractivity contribution in [2.24, 2.45) is 0 Å². The Labute approximate surface area is 100 Å². The summed E-state index contributed by atoms with van der Waals surface area (Å²) < 4.78 is 38.9. The van der Waals surface area contributed by atoms with Crippen LogP contribution in [0.3, 0.4) is 0 Å². The van der Waals surface area contributed by atoms with Crippen LogP contribution in [0.4, 0.5) is 4.39 Å². The summed E-state index contributed by atoms with van der Waals surface area (Å²) in [5, 5.41) is 3.09. The molecule has 0 amide bonds. The molecular formula is C11H15FN2O2S. The molecule has 1 aliphatic rings. The standard InChI is InChI=1S/C11H15FN2O2S/c12-10-3-1-9(2-4-10)8-17(15,16)14-11-5-6-13-7-11/h1-4,11,13-14H,5-8H2. The predicted octanol–water partition coefficient (Wildman–Crippen LogP) is 0.607. The van der Waals surface area contributed by atoms with E-state index >= 15 is 0 Å². The van der Waals surface area contributed by atoms with Crippen LogP contribution < -0.4 is 10.0 Å². The third kappa shape index (κ3) is 3.76. The molecule has 1 saturated heterocycles. The minimum Gasteiger partial charge on any atom is -0.315 e. The smallest absolute Gasteiger partial charge is 0.216 e. The van der Waals surface area contributed by atoms with Crippen molar-refractivity contribution in [3.8, 4) is 0 Å². The molecule has 1 heterocycles. The van der Waals surface area contributed by atoms with E-state index in [2.05, 4.69) is 10.0 Å². The van der Waals surface area contributed by atoms with E-state index in [1.165, 1.54) is 24.3 Å². The maximum Gasteiger partial charge on any atom is 0.216 e. The summed E-state index contributed by atoms with van der Waals surface area (Å²) in [6, 6.07) is 5.48. The fourth-order valence-corrected chi connectivity index (χ4v) is 3.27. The van der Waals surface area contributed by atoms with Crippen LogP contribution in [0.2, 0.25) is 0 Å². The first-order valence-electron chi connectivity index (χ1n) is 5.50. The Morgan fingerprint density at radius 1 is 1.35 bits per heavy atom. The Bertz CT molecular complexity index is 467. The van der Waals surface area contributed by atoms with Crippen molar-refractivity contribution in [1.29, 1.82) is 0 Å². The number of hydrogen-bond donors (Lipinski definition) is 2. The fourth-order valence-electron chi connectivity index (χ4n) is 1.85. The highest BCUT2D eigenvalue weighted by Gasteiger charge is 2.21. The van der Waals surface area contributed by atoms with Gasteiger partial charge < -0.3 is 5.32 Å². The van der Waals surface area contributed by atoms with Crippen molar-refractivity contribution in [3.63, 3.8) is 0 Å². The lowest BCUT2D eigenvalue weighted by Gasteiger charge is -2.11. The van der Waals surface area contributed by atoms with Crippen LogP contribution in [-0.2, 0) is 15.8 Å².